The molecule has 2 N–H and O–H groups in total. The van der Waals surface area contributed by atoms with Gasteiger partial charge in [0.05, 0.1) is 6.20 Å². The Hall–Kier alpha value is -1.36. The number of aryl methyl sites for hydroxylation is 1. The molecule has 0 saturated carbocycles. The van der Waals surface area contributed by atoms with Gasteiger partial charge in [0.1, 0.15) is 17.8 Å². The monoisotopic (exact) mass is 195 g/mol. The van der Waals surface area contributed by atoms with Gasteiger partial charge in [0.2, 0.25) is 11.8 Å². The largest absolute Gasteiger partial charge is 0.444 e. The molecular formula is C9H13N3O2. The molecule has 1 aliphatic heterocycles. The molecule has 0 aliphatic carbocycles. The Labute approximate surface area is 81.9 Å². The molecule has 2 rings (SSSR count). The Kier molecular flexibility index (Phi) is 2.03. The molecule has 1 aromatic rings. The van der Waals surface area contributed by atoms with Gasteiger partial charge >= 0.3 is 0 Å². The van der Waals surface area contributed by atoms with Gasteiger partial charge in [-0.3, -0.25) is 4.79 Å². The van der Waals surface area contributed by atoms with Crippen molar-refractivity contribution in [2.75, 3.05) is 6.54 Å². The van der Waals surface area contributed by atoms with Crippen LogP contribution in [-0.4, -0.2) is 28.4 Å². The Morgan fingerprint density at radius 2 is 2.50 bits per heavy atom. The second kappa shape index (κ2) is 3.09. The van der Waals surface area contributed by atoms with Crippen molar-refractivity contribution >= 4 is 5.91 Å². The highest BCUT2D eigenvalue weighted by Crippen LogP contribution is 2.24. The van der Waals surface area contributed by atoms with E-state index in [1.165, 1.54) is 0 Å². The quantitative estimate of drug-likeness (QED) is 0.685. The summed E-state index contributed by atoms with van der Waals surface area (Å²) in [4.78, 5) is 17.1. The molecule has 1 saturated heterocycles. The summed E-state index contributed by atoms with van der Waals surface area (Å²) in [6.07, 6.45) is 1.65. The first-order valence-corrected chi connectivity index (χ1v) is 4.58. The fourth-order valence-electron chi connectivity index (χ4n) is 1.53. The average molecular weight is 195 g/mol. The average Bonchev–Trinajstić information content (AvgIpc) is 2.59. The number of likely N-dealkylation sites (tertiary alicyclic amines) is 1. The van der Waals surface area contributed by atoms with E-state index in [9.17, 15) is 4.79 Å². The number of nitrogens with two attached hydrogens (primary N) is 1. The predicted octanol–water partition coefficient (Wildman–Crippen LogP) is 0.214. The fourth-order valence-corrected chi connectivity index (χ4v) is 1.53. The van der Waals surface area contributed by atoms with Gasteiger partial charge in [0, 0.05) is 6.54 Å². The Morgan fingerprint density at radius 1 is 1.79 bits per heavy atom. The van der Waals surface area contributed by atoms with Gasteiger partial charge in [0.25, 0.3) is 0 Å². The van der Waals surface area contributed by atoms with Crippen LogP contribution >= 0.6 is 0 Å². The van der Waals surface area contributed by atoms with Crippen LogP contribution in [0.5, 0.6) is 0 Å². The minimum Gasteiger partial charge on any atom is -0.444 e. The van der Waals surface area contributed by atoms with Gasteiger partial charge in [-0.1, -0.05) is 0 Å². The van der Waals surface area contributed by atoms with E-state index in [0.717, 1.165) is 5.76 Å². The third-order valence-corrected chi connectivity index (χ3v) is 2.46. The SMILES string of the molecule is Cc1cnc(C(C)N2CC(N)C2=O)o1. The summed E-state index contributed by atoms with van der Waals surface area (Å²) in [6.45, 7) is 4.30. The molecule has 5 nitrogen and oxygen atoms in total. The van der Waals surface area contributed by atoms with E-state index in [0.29, 0.717) is 12.4 Å². The van der Waals surface area contributed by atoms with Gasteiger partial charge in [0.15, 0.2) is 0 Å². The minimum absolute atomic E-state index is 0.0339. The van der Waals surface area contributed by atoms with Crippen LogP contribution in [0.1, 0.15) is 24.6 Å². The van der Waals surface area contributed by atoms with Crippen LogP contribution in [0, 0.1) is 6.92 Å². The van der Waals surface area contributed by atoms with Crippen LogP contribution in [0.4, 0.5) is 0 Å². The topological polar surface area (TPSA) is 72.4 Å². The van der Waals surface area contributed by atoms with Crippen LogP contribution in [0.15, 0.2) is 10.6 Å². The molecule has 1 aromatic heterocycles. The van der Waals surface area contributed by atoms with Gasteiger partial charge in [-0.25, -0.2) is 4.98 Å². The van der Waals surface area contributed by atoms with Crippen molar-refractivity contribution in [1.29, 1.82) is 0 Å². The Balaban J connectivity index is 2.10. The third kappa shape index (κ3) is 1.29. The fraction of sp³-hybridized carbons (Fsp3) is 0.556. The highest BCUT2D eigenvalue weighted by molar-refractivity contribution is 5.87. The number of β-lactam (4-membered cyclic amide) rings is 1. The van der Waals surface area contributed by atoms with E-state index in [2.05, 4.69) is 4.98 Å². The van der Waals surface area contributed by atoms with Crippen molar-refractivity contribution in [2.45, 2.75) is 25.9 Å². The van der Waals surface area contributed by atoms with E-state index >= 15 is 0 Å². The van der Waals surface area contributed by atoms with Crippen molar-refractivity contribution in [1.82, 2.24) is 9.88 Å². The van der Waals surface area contributed by atoms with Crippen LogP contribution in [0.3, 0.4) is 0 Å². The number of hydrogen-bond donors (Lipinski definition) is 1. The van der Waals surface area contributed by atoms with Crippen molar-refractivity contribution < 1.29 is 9.21 Å². The van der Waals surface area contributed by atoms with Crippen LogP contribution in [0.2, 0.25) is 0 Å². The van der Waals surface area contributed by atoms with Gasteiger partial charge in [-0.2, -0.15) is 0 Å². The number of oxazole rings is 1. The van der Waals surface area contributed by atoms with Gasteiger partial charge in [-0.15, -0.1) is 0 Å². The van der Waals surface area contributed by atoms with Crippen molar-refractivity contribution in [3.63, 3.8) is 0 Å². The molecule has 1 amide bonds. The maximum atomic E-state index is 11.3. The molecule has 14 heavy (non-hydrogen) atoms. The summed E-state index contributed by atoms with van der Waals surface area (Å²) < 4.78 is 5.34. The van der Waals surface area contributed by atoms with Gasteiger partial charge < -0.3 is 15.1 Å². The maximum Gasteiger partial charge on any atom is 0.242 e. The Morgan fingerprint density at radius 3 is 2.93 bits per heavy atom. The number of aromatic nitrogens is 1. The number of hydrogen-bond acceptors (Lipinski definition) is 4. The Bertz CT molecular complexity index is 361. The summed E-state index contributed by atoms with van der Waals surface area (Å²) in [7, 11) is 0. The normalized spacial score (nSPS) is 23.5. The number of carbonyl (C=O) groups is 1. The standard InChI is InChI=1S/C9H13N3O2/c1-5-3-11-8(14-5)6(2)12-4-7(10)9(12)13/h3,6-7H,4,10H2,1-2H3. The summed E-state index contributed by atoms with van der Waals surface area (Å²) in [6, 6.07) is -0.454. The van der Waals surface area contributed by atoms with Crippen molar-refractivity contribution in [3.8, 4) is 0 Å². The van der Waals surface area contributed by atoms with E-state index in [-0.39, 0.29) is 18.0 Å². The highest BCUT2D eigenvalue weighted by Gasteiger charge is 2.38. The molecule has 0 aromatic carbocycles. The summed E-state index contributed by atoms with van der Waals surface area (Å²) in [5.74, 6) is 1.29. The molecule has 2 atom stereocenters. The highest BCUT2D eigenvalue weighted by atomic mass is 16.4. The number of nitrogens with zero attached hydrogens (tertiary/aromatic N) is 2. The summed E-state index contributed by atoms with van der Waals surface area (Å²) in [5, 5.41) is 0. The minimum atomic E-state index is -0.339. The number of amides is 1. The lowest BCUT2D eigenvalue weighted by atomic mass is 10.1. The van der Waals surface area contributed by atoms with E-state index < -0.39 is 0 Å². The molecule has 0 spiro atoms. The van der Waals surface area contributed by atoms with Gasteiger partial charge in [-0.05, 0) is 13.8 Å². The first-order valence-electron chi connectivity index (χ1n) is 4.58. The lowest BCUT2D eigenvalue weighted by Gasteiger charge is -2.39. The third-order valence-electron chi connectivity index (χ3n) is 2.46. The second-order valence-electron chi connectivity index (χ2n) is 3.58. The molecule has 5 heteroatoms. The van der Waals surface area contributed by atoms with Crippen LogP contribution < -0.4 is 5.73 Å². The van der Waals surface area contributed by atoms with E-state index in [1.54, 1.807) is 11.1 Å². The van der Waals surface area contributed by atoms with Crippen LogP contribution in [-0.2, 0) is 4.79 Å². The zero-order valence-electron chi connectivity index (χ0n) is 8.23. The summed E-state index contributed by atoms with van der Waals surface area (Å²) >= 11 is 0. The second-order valence-corrected chi connectivity index (χ2v) is 3.58. The van der Waals surface area contributed by atoms with E-state index in [1.807, 2.05) is 13.8 Å². The zero-order chi connectivity index (χ0) is 10.3. The molecule has 0 radical (unpaired) electrons. The smallest absolute Gasteiger partial charge is 0.242 e. The molecule has 0 bridgehead atoms. The first-order chi connectivity index (χ1) is 6.59. The lowest BCUT2D eigenvalue weighted by Crippen LogP contribution is -2.61. The molecule has 2 heterocycles. The lowest BCUT2D eigenvalue weighted by molar-refractivity contribution is -0.146. The van der Waals surface area contributed by atoms with E-state index in [4.69, 9.17) is 10.2 Å². The molecule has 2 unspecified atom stereocenters. The predicted molar refractivity (Wildman–Crippen MR) is 49.3 cm³/mol. The van der Waals surface area contributed by atoms with Crippen LogP contribution in [0.25, 0.3) is 0 Å². The number of rotatable bonds is 2. The molecule has 76 valence electrons. The first kappa shape index (κ1) is 9.21. The van der Waals surface area contributed by atoms with Crippen molar-refractivity contribution in [2.24, 2.45) is 5.73 Å². The molecular weight excluding hydrogens is 182 g/mol. The maximum absolute atomic E-state index is 11.3. The number of carbonyl (C=O) groups excluding carboxylic acids is 1. The zero-order valence-corrected chi connectivity index (χ0v) is 8.23. The molecule has 1 aliphatic rings. The van der Waals surface area contributed by atoms with Crippen molar-refractivity contribution in [3.05, 3.63) is 17.8 Å². The molecule has 1 fully saturated rings. The summed E-state index contributed by atoms with van der Waals surface area (Å²) in [5.41, 5.74) is 5.49.